The summed E-state index contributed by atoms with van der Waals surface area (Å²) in [5.41, 5.74) is 0.577. The van der Waals surface area contributed by atoms with Gasteiger partial charge in [-0.05, 0) is 39.3 Å². The molecule has 0 aliphatic heterocycles. The van der Waals surface area contributed by atoms with Gasteiger partial charge in [-0.15, -0.1) is 0 Å². The van der Waals surface area contributed by atoms with Crippen molar-refractivity contribution in [2.24, 2.45) is 0 Å². The minimum absolute atomic E-state index is 0.00424. The molecule has 2 atom stereocenters. The number of hydrogen-bond donors (Lipinski definition) is 3. The number of hydrogen-bond acceptors (Lipinski definition) is 5. The van der Waals surface area contributed by atoms with Gasteiger partial charge in [0, 0.05) is 23.5 Å². The van der Waals surface area contributed by atoms with Gasteiger partial charge in [0.1, 0.15) is 17.7 Å². The van der Waals surface area contributed by atoms with Gasteiger partial charge in [-0.25, -0.2) is 27.6 Å². The molecule has 38 heavy (non-hydrogen) atoms. The van der Waals surface area contributed by atoms with Crippen molar-refractivity contribution in [1.82, 2.24) is 15.6 Å². The minimum Gasteiger partial charge on any atom is -0.458 e. The molecule has 0 unspecified atom stereocenters. The summed E-state index contributed by atoms with van der Waals surface area (Å²) in [5.74, 6) is -15.9. The number of H-pyrrole nitrogens is 1. The van der Waals surface area contributed by atoms with E-state index in [0.29, 0.717) is 5.56 Å². The highest BCUT2D eigenvalue weighted by Crippen LogP contribution is 2.29. The molecular formula is C25H24F5N3O5. The van der Waals surface area contributed by atoms with E-state index in [1.807, 2.05) is 18.2 Å². The Hall–Kier alpha value is -4.16. The summed E-state index contributed by atoms with van der Waals surface area (Å²) in [5, 5.41) is 5.27. The van der Waals surface area contributed by atoms with Crippen molar-refractivity contribution in [3.05, 3.63) is 65.1 Å². The number of halogens is 5. The van der Waals surface area contributed by atoms with Gasteiger partial charge in [0.05, 0.1) is 0 Å². The molecule has 0 fully saturated rings. The van der Waals surface area contributed by atoms with Crippen LogP contribution in [0.4, 0.5) is 26.7 Å². The van der Waals surface area contributed by atoms with Crippen molar-refractivity contribution in [3.63, 3.8) is 0 Å². The number of fused-ring (bicyclic) bond motifs is 1. The number of carbonyl (C=O) groups is 3. The van der Waals surface area contributed by atoms with Crippen LogP contribution in [0.3, 0.4) is 0 Å². The lowest BCUT2D eigenvalue weighted by molar-refractivity contribution is -0.157. The first-order chi connectivity index (χ1) is 17.7. The van der Waals surface area contributed by atoms with Gasteiger partial charge < -0.3 is 25.1 Å². The third kappa shape index (κ3) is 6.39. The van der Waals surface area contributed by atoms with Crippen LogP contribution in [0.1, 0.15) is 33.3 Å². The Labute approximate surface area is 213 Å². The highest BCUT2D eigenvalue weighted by Gasteiger charge is 2.32. The summed E-state index contributed by atoms with van der Waals surface area (Å²) in [6.45, 7) is 5.93. The summed E-state index contributed by atoms with van der Waals surface area (Å²) in [6, 6.07) is 3.31. The number of amides is 2. The van der Waals surface area contributed by atoms with Crippen LogP contribution in [0.25, 0.3) is 10.9 Å². The Balaban J connectivity index is 1.74. The number of rotatable bonds is 7. The smallest absolute Gasteiger partial charge is 0.334 e. The second-order valence-corrected chi connectivity index (χ2v) is 9.31. The van der Waals surface area contributed by atoms with E-state index in [-0.39, 0.29) is 6.42 Å². The predicted molar refractivity (Wildman–Crippen MR) is 125 cm³/mol. The summed E-state index contributed by atoms with van der Waals surface area (Å²) >= 11 is 0. The van der Waals surface area contributed by atoms with Crippen molar-refractivity contribution in [1.29, 1.82) is 0 Å². The fourth-order valence-corrected chi connectivity index (χ4v) is 3.41. The van der Waals surface area contributed by atoms with Crippen molar-refractivity contribution >= 4 is 28.9 Å². The number of nitrogens with one attached hydrogen (secondary N) is 3. The molecule has 0 radical (unpaired) electrons. The summed E-state index contributed by atoms with van der Waals surface area (Å²) in [7, 11) is 0. The first-order valence-electron chi connectivity index (χ1n) is 11.3. The second-order valence-electron chi connectivity index (χ2n) is 9.31. The highest BCUT2D eigenvalue weighted by atomic mass is 19.2. The molecule has 3 N–H and O–H groups in total. The lowest BCUT2D eigenvalue weighted by Gasteiger charge is -2.25. The number of urea groups is 1. The molecule has 1 heterocycles. The van der Waals surface area contributed by atoms with E-state index >= 15 is 0 Å². The Morgan fingerprint density at radius 3 is 2.08 bits per heavy atom. The SMILES string of the molecule is C[C@H](NC(=O)N[C@@H](Cc1c[nH]c2ccccc12)C(=O)OC(C)(C)C)C(=O)Oc1c(F)c(F)c(F)c(F)c1F. The maximum atomic E-state index is 13.8. The van der Waals surface area contributed by atoms with E-state index in [4.69, 9.17) is 4.74 Å². The third-order valence-electron chi connectivity index (χ3n) is 5.17. The maximum Gasteiger partial charge on any atom is 0.334 e. The fraction of sp³-hybridized carbons (Fsp3) is 0.320. The molecule has 2 amide bonds. The zero-order valence-corrected chi connectivity index (χ0v) is 20.7. The van der Waals surface area contributed by atoms with Crippen LogP contribution >= 0.6 is 0 Å². The average Bonchev–Trinajstić information content (AvgIpc) is 3.25. The summed E-state index contributed by atoms with van der Waals surface area (Å²) < 4.78 is 77.3. The molecule has 0 saturated carbocycles. The van der Waals surface area contributed by atoms with E-state index in [9.17, 15) is 36.3 Å². The van der Waals surface area contributed by atoms with Crippen molar-refractivity contribution < 1.29 is 45.8 Å². The number of para-hydroxylation sites is 1. The fourth-order valence-electron chi connectivity index (χ4n) is 3.41. The Morgan fingerprint density at radius 1 is 0.895 bits per heavy atom. The quantitative estimate of drug-likeness (QED) is 0.135. The molecule has 0 bridgehead atoms. The van der Waals surface area contributed by atoms with E-state index in [1.54, 1.807) is 33.0 Å². The summed E-state index contributed by atoms with van der Waals surface area (Å²) in [4.78, 5) is 40.7. The van der Waals surface area contributed by atoms with Gasteiger partial charge in [-0.2, -0.15) is 8.78 Å². The van der Waals surface area contributed by atoms with Gasteiger partial charge in [0.15, 0.2) is 0 Å². The normalized spacial score (nSPS) is 13.1. The number of benzene rings is 2. The predicted octanol–water partition coefficient (Wildman–Crippen LogP) is 4.41. The van der Waals surface area contributed by atoms with Gasteiger partial charge in [-0.1, -0.05) is 18.2 Å². The van der Waals surface area contributed by atoms with Crippen LogP contribution in [0.2, 0.25) is 0 Å². The monoisotopic (exact) mass is 541 g/mol. The van der Waals surface area contributed by atoms with E-state index in [1.165, 1.54) is 0 Å². The Kier molecular flexibility index (Phi) is 8.28. The van der Waals surface area contributed by atoms with Crippen molar-refractivity contribution in [2.75, 3.05) is 0 Å². The van der Waals surface area contributed by atoms with Crippen LogP contribution < -0.4 is 15.4 Å². The molecule has 1 aromatic heterocycles. The van der Waals surface area contributed by atoms with Crippen LogP contribution in [-0.4, -0.2) is 40.6 Å². The molecule has 0 spiro atoms. The Bertz CT molecular complexity index is 1360. The molecule has 0 aliphatic rings. The number of ether oxygens (including phenoxy) is 2. The van der Waals surface area contributed by atoms with Gasteiger partial charge >= 0.3 is 18.0 Å². The lowest BCUT2D eigenvalue weighted by Crippen LogP contribution is -2.52. The molecular weight excluding hydrogens is 517 g/mol. The lowest BCUT2D eigenvalue weighted by atomic mass is 10.0. The zero-order valence-electron chi connectivity index (χ0n) is 20.7. The molecule has 204 valence electrons. The van der Waals surface area contributed by atoms with Gasteiger partial charge in [0.2, 0.25) is 34.8 Å². The molecule has 3 rings (SSSR count). The summed E-state index contributed by atoms with van der Waals surface area (Å²) in [6.07, 6.45) is 1.65. The molecule has 0 saturated heterocycles. The topological polar surface area (TPSA) is 110 Å². The van der Waals surface area contributed by atoms with Crippen LogP contribution in [0.5, 0.6) is 5.75 Å². The standard InChI is InChI=1S/C25H24F5N3O5/c1-11(22(34)37-21-19(29)17(27)16(26)18(28)20(21)30)32-24(36)33-15(23(35)38-25(2,3)4)9-12-10-31-14-8-6-5-7-13(12)14/h5-8,10-11,15,31H,9H2,1-4H3,(H2,32,33,36)/t11-,15-/m0/s1. The molecule has 8 nitrogen and oxygen atoms in total. The number of carbonyl (C=O) groups excluding carboxylic acids is 3. The molecule has 2 aromatic carbocycles. The first kappa shape index (κ1) is 28.4. The van der Waals surface area contributed by atoms with Crippen LogP contribution in [0.15, 0.2) is 30.5 Å². The molecule has 3 aromatic rings. The van der Waals surface area contributed by atoms with Gasteiger partial charge in [-0.3, -0.25) is 0 Å². The largest absolute Gasteiger partial charge is 0.458 e. The average molecular weight is 541 g/mol. The minimum atomic E-state index is -2.42. The Morgan fingerprint density at radius 2 is 1.47 bits per heavy atom. The van der Waals surface area contributed by atoms with E-state index in [0.717, 1.165) is 17.8 Å². The first-order valence-corrected chi connectivity index (χ1v) is 11.3. The van der Waals surface area contributed by atoms with Gasteiger partial charge in [0.25, 0.3) is 0 Å². The molecule has 0 aliphatic carbocycles. The van der Waals surface area contributed by atoms with E-state index < -0.39 is 70.5 Å². The number of aromatic amines is 1. The number of aromatic nitrogens is 1. The highest BCUT2D eigenvalue weighted by molar-refractivity contribution is 5.89. The molecule has 13 heteroatoms. The maximum absolute atomic E-state index is 13.8. The third-order valence-corrected chi connectivity index (χ3v) is 5.17. The van der Waals surface area contributed by atoms with Crippen molar-refractivity contribution in [2.45, 2.75) is 51.8 Å². The van der Waals surface area contributed by atoms with Crippen LogP contribution in [0, 0.1) is 29.1 Å². The van der Waals surface area contributed by atoms with Crippen molar-refractivity contribution in [3.8, 4) is 5.75 Å². The second kappa shape index (κ2) is 11.1. The number of esters is 2. The van der Waals surface area contributed by atoms with E-state index in [2.05, 4.69) is 20.4 Å². The van der Waals surface area contributed by atoms with Crippen LogP contribution in [-0.2, 0) is 20.7 Å². The zero-order chi connectivity index (χ0) is 28.4.